The second kappa shape index (κ2) is 5.69. The molecule has 0 aliphatic carbocycles. The Bertz CT molecular complexity index is 715. The van der Waals surface area contributed by atoms with Crippen molar-refractivity contribution in [3.8, 4) is 0 Å². The fourth-order valence-corrected chi connectivity index (χ4v) is 3.39. The van der Waals surface area contributed by atoms with E-state index in [1.165, 1.54) is 15.8 Å². The molecule has 0 aliphatic rings. The summed E-state index contributed by atoms with van der Waals surface area (Å²) in [5.41, 5.74) is 5.29. The van der Waals surface area contributed by atoms with Gasteiger partial charge in [0.2, 0.25) is 0 Å². The maximum Gasteiger partial charge on any atom is 0.0798 e. The molecule has 3 nitrogen and oxygen atoms in total. The number of para-hydroxylation sites is 1. The van der Waals surface area contributed by atoms with Crippen molar-refractivity contribution in [2.75, 3.05) is 6.54 Å². The lowest BCUT2D eigenvalue weighted by Gasteiger charge is -2.19. The van der Waals surface area contributed by atoms with E-state index in [2.05, 4.69) is 53.4 Å². The van der Waals surface area contributed by atoms with Crippen LogP contribution in [0.1, 0.15) is 29.1 Å². The first-order valence-corrected chi connectivity index (χ1v) is 7.66. The fraction of sp³-hybridized carbons (Fsp3) is 0.250. The highest BCUT2D eigenvalue weighted by Crippen LogP contribution is 2.31. The van der Waals surface area contributed by atoms with E-state index >= 15 is 0 Å². The summed E-state index contributed by atoms with van der Waals surface area (Å²) in [6.45, 7) is 5.10. The molecule has 2 aromatic heterocycles. The smallest absolute Gasteiger partial charge is 0.0798 e. The molecule has 0 saturated carbocycles. The quantitative estimate of drug-likeness (QED) is 0.793. The van der Waals surface area contributed by atoms with Crippen molar-refractivity contribution < 1.29 is 0 Å². The summed E-state index contributed by atoms with van der Waals surface area (Å²) in [6, 6.07) is 10.6. The molecule has 102 valence electrons. The highest BCUT2D eigenvalue weighted by atomic mass is 32.1. The third-order valence-corrected chi connectivity index (χ3v) is 4.42. The third kappa shape index (κ3) is 2.32. The maximum absolute atomic E-state index is 4.57. The van der Waals surface area contributed by atoms with Crippen molar-refractivity contribution in [2.45, 2.75) is 19.9 Å². The summed E-state index contributed by atoms with van der Waals surface area (Å²) in [5, 5.41) is 4.74. The highest BCUT2D eigenvalue weighted by Gasteiger charge is 2.19. The molecule has 0 radical (unpaired) electrons. The number of pyridine rings is 1. The zero-order valence-corrected chi connectivity index (χ0v) is 12.4. The number of rotatable bonds is 4. The van der Waals surface area contributed by atoms with Crippen LogP contribution in [0.5, 0.6) is 0 Å². The van der Waals surface area contributed by atoms with Gasteiger partial charge < -0.3 is 5.32 Å². The molecular formula is C16H17N3S. The SMILES string of the molecule is CCNC(c1scnc1C)c1cccc2cccnc12. The fourth-order valence-electron chi connectivity index (χ4n) is 2.50. The lowest BCUT2D eigenvalue weighted by atomic mass is 10.0. The van der Waals surface area contributed by atoms with E-state index in [0.717, 1.165) is 17.8 Å². The van der Waals surface area contributed by atoms with Gasteiger partial charge in [0, 0.05) is 22.0 Å². The normalized spacial score (nSPS) is 12.7. The molecule has 20 heavy (non-hydrogen) atoms. The molecule has 1 aromatic carbocycles. The molecule has 1 unspecified atom stereocenters. The van der Waals surface area contributed by atoms with E-state index in [9.17, 15) is 0 Å². The molecule has 0 bridgehead atoms. The van der Waals surface area contributed by atoms with E-state index in [-0.39, 0.29) is 6.04 Å². The van der Waals surface area contributed by atoms with Crippen molar-refractivity contribution in [1.82, 2.24) is 15.3 Å². The highest BCUT2D eigenvalue weighted by molar-refractivity contribution is 7.09. The molecule has 3 aromatic rings. The Morgan fingerprint density at radius 3 is 2.80 bits per heavy atom. The number of aromatic nitrogens is 2. The zero-order chi connectivity index (χ0) is 13.9. The van der Waals surface area contributed by atoms with Crippen molar-refractivity contribution in [1.29, 1.82) is 0 Å². The lowest BCUT2D eigenvalue weighted by molar-refractivity contribution is 0.638. The Morgan fingerprint density at radius 2 is 2.05 bits per heavy atom. The van der Waals surface area contributed by atoms with Crippen LogP contribution in [0.3, 0.4) is 0 Å². The molecule has 4 heteroatoms. The second-order valence-electron chi connectivity index (χ2n) is 4.72. The first kappa shape index (κ1) is 13.2. The van der Waals surface area contributed by atoms with Gasteiger partial charge in [-0.25, -0.2) is 4.98 Å². The molecule has 0 aliphatic heterocycles. The van der Waals surface area contributed by atoms with Crippen LogP contribution in [-0.2, 0) is 0 Å². The van der Waals surface area contributed by atoms with Gasteiger partial charge in [0.15, 0.2) is 0 Å². The van der Waals surface area contributed by atoms with Crippen LogP contribution in [-0.4, -0.2) is 16.5 Å². The van der Waals surface area contributed by atoms with Gasteiger partial charge in [0.05, 0.1) is 22.8 Å². The number of benzene rings is 1. The lowest BCUT2D eigenvalue weighted by Crippen LogP contribution is -2.22. The largest absolute Gasteiger partial charge is 0.306 e. The van der Waals surface area contributed by atoms with E-state index < -0.39 is 0 Å². The third-order valence-electron chi connectivity index (χ3n) is 3.43. The molecule has 3 rings (SSSR count). The Hall–Kier alpha value is -1.78. The Kier molecular flexibility index (Phi) is 3.76. The van der Waals surface area contributed by atoms with E-state index in [0.29, 0.717) is 0 Å². The minimum absolute atomic E-state index is 0.158. The summed E-state index contributed by atoms with van der Waals surface area (Å²) in [7, 11) is 0. The van der Waals surface area contributed by atoms with E-state index in [1.54, 1.807) is 11.3 Å². The number of nitrogens with zero attached hydrogens (tertiary/aromatic N) is 2. The predicted octanol–water partition coefficient (Wildman–Crippen LogP) is 3.70. The van der Waals surface area contributed by atoms with Gasteiger partial charge in [-0.1, -0.05) is 31.2 Å². The molecule has 0 saturated heterocycles. The van der Waals surface area contributed by atoms with Gasteiger partial charge in [-0.15, -0.1) is 11.3 Å². The number of hydrogen-bond donors (Lipinski definition) is 1. The van der Waals surface area contributed by atoms with Crippen LogP contribution in [0.25, 0.3) is 10.9 Å². The summed E-state index contributed by atoms with van der Waals surface area (Å²) in [5.74, 6) is 0. The van der Waals surface area contributed by atoms with Gasteiger partial charge in [-0.2, -0.15) is 0 Å². The number of aryl methyl sites for hydroxylation is 1. The van der Waals surface area contributed by atoms with Gasteiger partial charge in [0.1, 0.15) is 0 Å². The van der Waals surface area contributed by atoms with E-state index in [1.807, 2.05) is 17.8 Å². The van der Waals surface area contributed by atoms with Gasteiger partial charge in [0.25, 0.3) is 0 Å². The average Bonchev–Trinajstić information content (AvgIpc) is 2.90. The predicted molar refractivity (Wildman–Crippen MR) is 84.1 cm³/mol. The Morgan fingerprint density at radius 1 is 1.20 bits per heavy atom. The summed E-state index contributed by atoms with van der Waals surface area (Å²) in [6.07, 6.45) is 1.86. The summed E-state index contributed by atoms with van der Waals surface area (Å²) < 4.78 is 0. The molecule has 1 N–H and O–H groups in total. The molecular weight excluding hydrogens is 266 g/mol. The molecule has 2 heterocycles. The Balaban J connectivity index is 2.17. The van der Waals surface area contributed by atoms with Crippen LogP contribution in [0.2, 0.25) is 0 Å². The average molecular weight is 283 g/mol. The van der Waals surface area contributed by atoms with Gasteiger partial charge >= 0.3 is 0 Å². The van der Waals surface area contributed by atoms with Crippen molar-refractivity contribution >= 4 is 22.2 Å². The van der Waals surface area contributed by atoms with Gasteiger partial charge in [-0.05, 0) is 19.5 Å². The minimum atomic E-state index is 0.158. The minimum Gasteiger partial charge on any atom is -0.306 e. The zero-order valence-electron chi connectivity index (χ0n) is 11.6. The van der Waals surface area contributed by atoms with Crippen LogP contribution >= 0.6 is 11.3 Å². The number of thiazole rings is 1. The van der Waals surface area contributed by atoms with Crippen molar-refractivity contribution in [3.05, 3.63) is 58.2 Å². The van der Waals surface area contributed by atoms with Crippen LogP contribution in [0, 0.1) is 6.92 Å². The van der Waals surface area contributed by atoms with Crippen LogP contribution in [0.15, 0.2) is 42.0 Å². The van der Waals surface area contributed by atoms with Crippen molar-refractivity contribution in [3.63, 3.8) is 0 Å². The topological polar surface area (TPSA) is 37.8 Å². The van der Waals surface area contributed by atoms with Crippen LogP contribution in [0.4, 0.5) is 0 Å². The number of nitrogens with one attached hydrogen (secondary N) is 1. The molecule has 0 fully saturated rings. The summed E-state index contributed by atoms with van der Waals surface area (Å²) >= 11 is 1.70. The second-order valence-corrected chi connectivity index (χ2v) is 5.60. The number of hydrogen-bond acceptors (Lipinski definition) is 4. The number of fused-ring (bicyclic) bond motifs is 1. The molecule has 0 amide bonds. The monoisotopic (exact) mass is 283 g/mol. The standard InChI is InChI=1S/C16H17N3S/c1-3-17-15(16-11(2)19-10-20-16)13-8-4-6-12-7-5-9-18-14(12)13/h4-10,15,17H,3H2,1-2H3. The van der Waals surface area contributed by atoms with Crippen LogP contribution < -0.4 is 5.32 Å². The Labute approximate surface area is 122 Å². The summed E-state index contributed by atoms with van der Waals surface area (Å²) in [4.78, 5) is 10.2. The molecule has 1 atom stereocenters. The maximum atomic E-state index is 4.57. The van der Waals surface area contributed by atoms with E-state index in [4.69, 9.17) is 0 Å². The van der Waals surface area contributed by atoms with Gasteiger partial charge in [-0.3, -0.25) is 4.98 Å². The first-order valence-electron chi connectivity index (χ1n) is 6.78. The first-order chi connectivity index (χ1) is 9.81. The van der Waals surface area contributed by atoms with Crippen molar-refractivity contribution in [2.24, 2.45) is 0 Å². The molecule has 0 spiro atoms.